The standard InChI is InChI=1S/C15H23Cl2N/c1-4-15(5-2,11-18-6-3)10-12-8-7-9-13(16)14(12)17/h7-9,18H,4-6,10-11H2,1-3H3. The zero-order valence-electron chi connectivity index (χ0n) is 11.5. The Morgan fingerprint density at radius 2 is 1.78 bits per heavy atom. The first-order chi connectivity index (χ1) is 8.58. The van der Waals surface area contributed by atoms with Gasteiger partial charge in [-0.15, -0.1) is 0 Å². The van der Waals surface area contributed by atoms with E-state index < -0.39 is 0 Å². The Kier molecular flexibility index (Phi) is 6.48. The lowest BCUT2D eigenvalue weighted by molar-refractivity contribution is 0.248. The first-order valence-electron chi connectivity index (χ1n) is 6.72. The second-order valence-corrected chi connectivity index (χ2v) is 5.66. The fourth-order valence-corrected chi connectivity index (χ4v) is 2.68. The Labute approximate surface area is 121 Å². The van der Waals surface area contributed by atoms with Crippen LogP contribution in [0.15, 0.2) is 18.2 Å². The lowest BCUT2D eigenvalue weighted by atomic mass is 9.77. The zero-order chi connectivity index (χ0) is 13.6. The van der Waals surface area contributed by atoms with Gasteiger partial charge >= 0.3 is 0 Å². The zero-order valence-corrected chi connectivity index (χ0v) is 13.0. The van der Waals surface area contributed by atoms with E-state index in [0.717, 1.165) is 37.9 Å². The topological polar surface area (TPSA) is 12.0 Å². The highest BCUT2D eigenvalue weighted by Crippen LogP contribution is 2.35. The summed E-state index contributed by atoms with van der Waals surface area (Å²) in [6.45, 7) is 8.67. The van der Waals surface area contributed by atoms with Gasteiger partial charge in [-0.2, -0.15) is 0 Å². The fraction of sp³-hybridized carbons (Fsp3) is 0.600. The van der Waals surface area contributed by atoms with E-state index in [2.05, 4.69) is 32.2 Å². The predicted octanol–water partition coefficient (Wildman–Crippen LogP) is 4.95. The quantitative estimate of drug-likeness (QED) is 0.748. The summed E-state index contributed by atoms with van der Waals surface area (Å²) in [7, 11) is 0. The van der Waals surface area contributed by atoms with E-state index >= 15 is 0 Å². The van der Waals surface area contributed by atoms with Crippen molar-refractivity contribution in [2.24, 2.45) is 5.41 Å². The molecule has 0 amide bonds. The van der Waals surface area contributed by atoms with Crippen molar-refractivity contribution in [2.75, 3.05) is 13.1 Å². The maximum absolute atomic E-state index is 6.29. The normalized spacial score (nSPS) is 11.8. The van der Waals surface area contributed by atoms with Gasteiger partial charge in [-0.25, -0.2) is 0 Å². The molecule has 1 rings (SSSR count). The van der Waals surface area contributed by atoms with Crippen molar-refractivity contribution < 1.29 is 0 Å². The summed E-state index contributed by atoms with van der Waals surface area (Å²) in [5.74, 6) is 0. The van der Waals surface area contributed by atoms with Crippen molar-refractivity contribution in [1.29, 1.82) is 0 Å². The van der Waals surface area contributed by atoms with E-state index in [0.29, 0.717) is 10.0 Å². The molecule has 0 saturated carbocycles. The van der Waals surface area contributed by atoms with Crippen LogP contribution >= 0.6 is 23.2 Å². The van der Waals surface area contributed by atoms with Crippen LogP contribution in [-0.4, -0.2) is 13.1 Å². The fourth-order valence-electron chi connectivity index (χ4n) is 2.29. The van der Waals surface area contributed by atoms with Gasteiger partial charge in [0.2, 0.25) is 0 Å². The summed E-state index contributed by atoms with van der Waals surface area (Å²) in [5, 5.41) is 4.83. The molecule has 0 atom stereocenters. The molecule has 0 bridgehead atoms. The molecule has 18 heavy (non-hydrogen) atoms. The summed E-state index contributed by atoms with van der Waals surface area (Å²) < 4.78 is 0. The van der Waals surface area contributed by atoms with Crippen molar-refractivity contribution >= 4 is 23.2 Å². The van der Waals surface area contributed by atoms with Gasteiger partial charge in [0.1, 0.15) is 0 Å². The minimum atomic E-state index is 0.268. The van der Waals surface area contributed by atoms with Gasteiger partial charge in [-0.1, -0.05) is 56.1 Å². The number of hydrogen-bond acceptors (Lipinski definition) is 1. The van der Waals surface area contributed by atoms with Crippen molar-refractivity contribution in [3.05, 3.63) is 33.8 Å². The minimum Gasteiger partial charge on any atom is -0.316 e. The predicted molar refractivity (Wildman–Crippen MR) is 81.7 cm³/mol. The van der Waals surface area contributed by atoms with E-state index in [1.807, 2.05) is 12.1 Å². The van der Waals surface area contributed by atoms with Crippen LogP contribution in [0.2, 0.25) is 10.0 Å². The van der Waals surface area contributed by atoms with Crippen LogP contribution in [0, 0.1) is 5.41 Å². The van der Waals surface area contributed by atoms with Crippen LogP contribution in [0.5, 0.6) is 0 Å². The monoisotopic (exact) mass is 287 g/mol. The maximum atomic E-state index is 6.29. The van der Waals surface area contributed by atoms with Gasteiger partial charge in [-0.3, -0.25) is 0 Å². The van der Waals surface area contributed by atoms with Crippen LogP contribution in [0.25, 0.3) is 0 Å². The first kappa shape index (κ1) is 15.8. The molecule has 0 aromatic heterocycles. The Morgan fingerprint density at radius 1 is 1.11 bits per heavy atom. The summed E-state index contributed by atoms with van der Waals surface area (Å²) >= 11 is 12.4. The van der Waals surface area contributed by atoms with Gasteiger partial charge in [0, 0.05) is 6.54 Å². The molecule has 0 saturated heterocycles. The summed E-state index contributed by atoms with van der Waals surface area (Å²) in [5.41, 5.74) is 1.43. The highest BCUT2D eigenvalue weighted by Gasteiger charge is 2.27. The molecular weight excluding hydrogens is 265 g/mol. The molecule has 3 heteroatoms. The highest BCUT2D eigenvalue weighted by atomic mass is 35.5. The Morgan fingerprint density at radius 3 is 2.33 bits per heavy atom. The van der Waals surface area contributed by atoms with Crippen LogP contribution in [0.3, 0.4) is 0 Å². The lowest BCUT2D eigenvalue weighted by Gasteiger charge is -2.32. The number of halogens is 2. The molecular formula is C15H23Cl2N. The van der Waals surface area contributed by atoms with Gasteiger partial charge in [-0.05, 0) is 42.9 Å². The molecule has 0 aliphatic heterocycles. The van der Waals surface area contributed by atoms with E-state index in [1.165, 1.54) is 0 Å². The van der Waals surface area contributed by atoms with Gasteiger partial charge in [0.25, 0.3) is 0 Å². The largest absolute Gasteiger partial charge is 0.316 e. The third-order valence-electron chi connectivity index (χ3n) is 3.85. The van der Waals surface area contributed by atoms with Gasteiger partial charge in [0.05, 0.1) is 10.0 Å². The molecule has 0 unspecified atom stereocenters. The summed E-state index contributed by atoms with van der Waals surface area (Å²) in [4.78, 5) is 0. The Hall–Kier alpha value is -0.240. The third kappa shape index (κ3) is 3.88. The van der Waals surface area contributed by atoms with E-state index in [4.69, 9.17) is 23.2 Å². The van der Waals surface area contributed by atoms with Crippen LogP contribution in [0.4, 0.5) is 0 Å². The lowest BCUT2D eigenvalue weighted by Crippen LogP contribution is -2.35. The molecule has 0 aliphatic rings. The van der Waals surface area contributed by atoms with Crippen LogP contribution in [-0.2, 0) is 6.42 Å². The van der Waals surface area contributed by atoms with Crippen LogP contribution in [0.1, 0.15) is 39.2 Å². The molecule has 1 N–H and O–H groups in total. The average molecular weight is 288 g/mol. The molecule has 0 spiro atoms. The molecule has 0 fully saturated rings. The van der Waals surface area contributed by atoms with E-state index in [9.17, 15) is 0 Å². The Bertz CT molecular complexity index is 373. The van der Waals surface area contributed by atoms with Crippen molar-refractivity contribution in [3.63, 3.8) is 0 Å². The SMILES string of the molecule is CCNCC(CC)(CC)Cc1cccc(Cl)c1Cl. The van der Waals surface area contributed by atoms with Gasteiger partial charge in [0.15, 0.2) is 0 Å². The minimum absolute atomic E-state index is 0.268. The molecule has 0 heterocycles. The van der Waals surface area contributed by atoms with Crippen LogP contribution < -0.4 is 5.32 Å². The van der Waals surface area contributed by atoms with E-state index in [-0.39, 0.29) is 5.41 Å². The molecule has 1 nitrogen and oxygen atoms in total. The average Bonchev–Trinajstić information content (AvgIpc) is 2.40. The molecule has 102 valence electrons. The number of benzene rings is 1. The molecule has 1 aromatic carbocycles. The third-order valence-corrected chi connectivity index (χ3v) is 4.71. The number of rotatable bonds is 7. The second-order valence-electron chi connectivity index (χ2n) is 4.88. The van der Waals surface area contributed by atoms with Crippen molar-refractivity contribution in [2.45, 2.75) is 40.0 Å². The molecule has 0 aliphatic carbocycles. The molecule has 1 aromatic rings. The summed E-state index contributed by atoms with van der Waals surface area (Å²) in [6.07, 6.45) is 3.26. The number of hydrogen-bond donors (Lipinski definition) is 1. The number of nitrogens with one attached hydrogen (secondary N) is 1. The maximum Gasteiger partial charge on any atom is 0.0624 e. The molecule has 0 radical (unpaired) electrons. The van der Waals surface area contributed by atoms with Crippen molar-refractivity contribution in [1.82, 2.24) is 5.32 Å². The Balaban J connectivity index is 2.92. The smallest absolute Gasteiger partial charge is 0.0624 e. The van der Waals surface area contributed by atoms with Gasteiger partial charge < -0.3 is 5.32 Å². The van der Waals surface area contributed by atoms with E-state index in [1.54, 1.807) is 0 Å². The van der Waals surface area contributed by atoms with Crippen molar-refractivity contribution in [3.8, 4) is 0 Å². The highest BCUT2D eigenvalue weighted by molar-refractivity contribution is 6.42. The summed E-state index contributed by atoms with van der Waals surface area (Å²) in [6, 6.07) is 5.91. The second kappa shape index (κ2) is 7.37. The first-order valence-corrected chi connectivity index (χ1v) is 7.47.